The molecule has 162 valence electrons. The average molecular weight is 433 g/mol. The highest BCUT2D eigenvalue weighted by atomic mass is 16.5. The van der Waals surface area contributed by atoms with Gasteiger partial charge in [0.2, 0.25) is 0 Å². The molecule has 0 bridgehead atoms. The molecule has 2 atom stereocenters. The van der Waals surface area contributed by atoms with Crippen LogP contribution in [0.2, 0.25) is 0 Å². The molecule has 2 unspecified atom stereocenters. The van der Waals surface area contributed by atoms with Crippen LogP contribution in [0.5, 0.6) is 11.5 Å². The van der Waals surface area contributed by atoms with E-state index in [-0.39, 0.29) is 0 Å². The molecule has 1 heterocycles. The first-order chi connectivity index (χ1) is 16.1. The Bertz CT molecular complexity index is 1260. The Kier molecular flexibility index (Phi) is 6.79. The van der Waals surface area contributed by atoms with Crippen molar-refractivity contribution in [2.24, 2.45) is 22.4 Å². The fourth-order valence-electron chi connectivity index (χ4n) is 3.30. The van der Waals surface area contributed by atoms with Gasteiger partial charge in [-0.15, -0.1) is 0 Å². The van der Waals surface area contributed by atoms with Crippen molar-refractivity contribution in [1.82, 2.24) is 0 Å². The van der Waals surface area contributed by atoms with Crippen LogP contribution < -0.4 is 16.2 Å². The van der Waals surface area contributed by atoms with Crippen LogP contribution in [0.25, 0.3) is 6.08 Å². The van der Waals surface area contributed by atoms with Gasteiger partial charge in [0.15, 0.2) is 6.17 Å². The number of nitrogens with zero attached hydrogens (tertiary/aromatic N) is 1. The van der Waals surface area contributed by atoms with Crippen molar-refractivity contribution in [2.45, 2.75) is 6.17 Å². The predicted molar refractivity (Wildman–Crippen MR) is 134 cm³/mol. The van der Waals surface area contributed by atoms with Crippen molar-refractivity contribution < 1.29 is 4.74 Å². The smallest absolute Gasteiger partial charge is 0.159 e. The SMILES string of the molecule is N=C(c1ccc(Oc2ccccc2)cc1)C1C#CC(N)N=CC(/C=C/c2ccccc2)=C1N. The van der Waals surface area contributed by atoms with Gasteiger partial charge in [0.25, 0.3) is 0 Å². The second-order valence-corrected chi connectivity index (χ2v) is 7.45. The normalized spacial score (nSPS) is 17.7. The molecule has 0 aliphatic carbocycles. The molecule has 3 aromatic carbocycles. The lowest BCUT2D eigenvalue weighted by atomic mass is 9.91. The Morgan fingerprint density at radius 1 is 0.848 bits per heavy atom. The second-order valence-electron chi connectivity index (χ2n) is 7.45. The van der Waals surface area contributed by atoms with E-state index in [0.29, 0.717) is 28.3 Å². The molecule has 1 aliphatic rings. The standard InChI is InChI=1S/C28H24N4O/c29-26-18-17-25(28(31)22(19-32-26)12-11-20-7-3-1-4-8-20)27(30)21-13-15-24(16-14-21)33-23-9-5-2-6-10-23/h1-16,19,25-26,30H,29,31H2/b12-11+,28-22?,30-27?,32-19?. The molecular weight excluding hydrogens is 408 g/mol. The van der Waals surface area contributed by atoms with E-state index < -0.39 is 12.1 Å². The minimum absolute atomic E-state index is 0.291. The maximum atomic E-state index is 8.80. The van der Waals surface area contributed by atoms with Crippen LogP contribution in [0.4, 0.5) is 0 Å². The predicted octanol–water partition coefficient (Wildman–Crippen LogP) is 4.76. The van der Waals surface area contributed by atoms with Crippen LogP contribution >= 0.6 is 0 Å². The number of nitrogens with one attached hydrogen (secondary N) is 1. The van der Waals surface area contributed by atoms with E-state index in [0.717, 1.165) is 11.3 Å². The first-order valence-corrected chi connectivity index (χ1v) is 10.5. The van der Waals surface area contributed by atoms with Crippen molar-refractivity contribution in [1.29, 1.82) is 5.41 Å². The molecule has 0 radical (unpaired) electrons. The number of allylic oxidation sites excluding steroid dienone is 3. The Labute approximate surface area is 193 Å². The van der Waals surface area contributed by atoms with Gasteiger partial charge >= 0.3 is 0 Å². The van der Waals surface area contributed by atoms with Crippen molar-refractivity contribution in [3.63, 3.8) is 0 Å². The third-order valence-electron chi connectivity index (χ3n) is 5.08. The fourth-order valence-corrected chi connectivity index (χ4v) is 3.30. The summed E-state index contributed by atoms with van der Waals surface area (Å²) in [6.07, 6.45) is 4.79. The Hall–Kier alpha value is -4.40. The van der Waals surface area contributed by atoms with Crippen LogP contribution in [-0.2, 0) is 0 Å². The number of para-hydroxylation sites is 1. The lowest BCUT2D eigenvalue weighted by Gasteiger charge is -2.17. The van der Waals surface area contributed by atoms with Crippen molar-refractivity contribution in [3.05, 3.63) is 113 Å². The molecule has 0 saturated heterocycles. The van der Waals surface area contributed by atoms with Gasteiger partial charge in [-0.25, -0.2) is 0 Å². The highest BCUT2D eigenvalue weighted by Gasteiger charge is 2.20. The maximum Gasteiger partial charge on any atom is 0.159 e. The zero-order valence-corrected chi connectivity index (χ0v) is 18.0. The van der Waals surface area contributed by atoms with E-state index in [1.807, 2.05) is 97.1 Å². The third-order valence-corrected chi connectivity index (χ3v) is 5.08. The van der Waals surface area contributed by atoms with E-state index in [1.165, 1.54) is 0 Å². The van der Waals surface area contributed by atoms with Crippen LogP contribution in [0.1, 0.15) is 11.1 Å². The molecular formula is C28H24N4O. The quantitative estimate of drug-likeness (QED) is 0.387. The van der Waals surface area contributed by atoms with Gasteiger partial charge in [-0.05, 0) is 47.5 Å². The molecule has 0 spiro atoms. The summed E-state index contributed by atoms with van der Waals surface area (Å²) in [6, 6.07) is 26.8. The zero-order chi connectivity index (χ0) is 23.0. The number of hydrogen-bond donors (Lipinski definition) is 3. The van der Waals surface area contributed by atoms with Gasteiger partial charge in [-0.1, -0.05) is 72.5 Å². The van der Waals surface area contributed by atoms with Gasteiger partial charge in [0.05, 0.1) is 5.71 Å². The van der Waals surface area contributed by atoms with Crippen LogP contribution in [0.15, 0.2) is 107 Å². The first kappa shape index (κ1) is 21.8. The summed E-state index contributed by atoms with van der Waals surface area (Å²) in [4.78, 5) is 4.25. The molecule has 33 heavy (non-hydrogen) atoms. The van der Waals surface area contributed by atoms with Gasteiger partial charge in [0.1, 0.15) is 17.4 Å². The Morgan fingerprint density at radius 3 is 2.18 bits per heavy atom. The summed E-state index contributed by atoms with van der Waals surface area (Å²) in [6.45, 7) is 0. The monoisotopic (exact) mass is 432 g/mol. The number of benzene rings is 3. The van der Waals surface area contributed by atoms with Gasteiger partial charge in [-0.3, -0.25) is 10.7 Å². The molecule has 5 N–H and O–H groups in total. The van der Waals surface area contributed by atoms with Crippen molar-refractivity contribution in [3.8, 4) is 23.3 Å². The van der Waals surface area contributed by atoms with E-state index in [4.69, 9.17) is 21.6 Å². The summed E-state index contributed by atoms with van der Waals surface area (Å²) in [5, 5.41) is 8.80. The Morgan fingerprint density at radius 2 is 1.48 bits per heavy atom. The molecule has 5 nitrogen and oxygen atoms in total. The molecule has 0 fully saturated rings. The van der Waals surface area contributed by atoms with Crippen LogP contribution in [0, 0.1) is 23.2 Å². The lowest BCUT2D eigenvalue weighted by Crippen LogP contribution is -2.25. The number of ether oxygens (including phenoxy) is 1. The molecule has 3 aromatic rings. The summed E-state index contributed by atoms with van der Waals surface area (Å²) in [7, 11) is 0. The van der Waals surface area contributed by atoms with Gasteiger partial charge in [0, 0.05) is 17.5 Å². The second kappa shape index (κ2) is 10.3. The maximum absolute atomic E-state index is 8.80. The molecule has 0 saturated carbocycles. The molecule has 1 aliphatic heterocycles. The summed E-state index contributed by atoms with van der Waals surface area (Å²) in [5.74, 6) is 6.75. The molecule has 4 rings (SSSR count). The van der Waals surface area contributed by atoms with E-state index >= 15 is 0 Å². The highest BCUT2D eigenvalue weighted by Crippen LogP contribution is 2.24. The summed E-state index contributed by atoms with van der Waals surface area (Å²) >= 11 is 0. The van der Waals surface area contributed by atoms with Gasteiger partial charge in [-0.2, -0.15) is 0 Å². The highest BCUT2D eigenvalue weighted by molar-refractivity contribution is 6.04. The molecule has 5 heteroatoms. The number of rotatable bonds is 6. The van der Waals surface area contributed by atoms with Crippen molar-refractivity contribution >= 4 is 18.0 Å². The van der Waals surface area contributed by atoms with Crippen molar-refractivity contribution in [2.75, 3.05) is 0 Å². The Balaban J connectivity index is 1.59. The molecule has 0 aromatic heterocycles. The molecule has 0 amide bonds. The third kappa shape index (κ3) is 5.65. The largest absolute Gasteiger partial charge is 0.457 e. The number of aliphatic imine (C=N–C) groups is 1. The lowest BCUT2D eigenvalue weighted by molar-refractivity contribution is 0.482. The van der Waals surface area contributed by atoms with E-state index in [1.54, 1.807) is 6.21 Å². The van der Waals surface area contributed by atoms with Crippen LogP contribution in [-0.4, -0.2) is 18.1 Å². The number of hydrogen-bond acceptors (Lipinski definition) is 5. The fraction of sp³-hybridized carbons (Fsp3) is 0.0714. The minimum atomic E-state index is -0.671. The summed E-state index contributed by atoms with van der Waals surface area (Å²) in [5.41, 5.74) is 15.6. The first-order valence-electron chi connectivity index (χ1n) is 10.5. The topological polar surface area (TPSA) is 97.5 Å². The van der Waals surface area contributed by atoms with E-state index in [9.17, 15) is 0 Å². The average Bonchev–Trinajstić information content (AvgIpc) is 2.85. The summed E-state index contributed by atoms with van der Waals surface area (Å²) < 4.78 is 5.85. The minimum Gasteiger partial charge on any atom is -0.457 e. The van der Waals surface area contributed by atoms with E-state index in [2.05, 4.69) is 16.8 Å². The van der Waals surface area contributed by atoms with Crippen LogP contribution in [0.3, 0.4) is 0 Å². The zero-order valence-electron chi connectivity index (χ0n) is 18.0. The number of nitrogens with two attached hydrogens (primary N) is 2. The van der Waals surface area contributed by atoms with Gasteiger partial charge < -0.3 is 15.9 Å².